The van der Waals surface area contributed by atoms with Gasteiger partial charge in [0.05, 0.1) is 0 Å². The van der Waals surface area contributed by atoms with E-state index in [1.54, 1.807) is 0 Å². The smallest absolute Gasteiger partial charge is 0.0200 e. The summed E-state index contributed by atoms with van der Waals surface area (Å²) in [5.74, 6) is 0. The van der Waals surface area contributed by atoms with Gasteiger partial charge in [0.25, 0.3) is 0 Å². The average molecular weight is 186 g/mol. The fourth-order valence-corrected chi connectivity index (χ4v) is 1.09. The van der Waals surface area contributed by atoms with Crippen molar-refractivity contribution < 1.29 is 0 Å². The van der Waals surface area contributed by atoms with Gasteiger partial charge in [0.1, 0.15) is 0 Å². The summed E-state index contributed by atoms with van der Waals surface area (Å²) in [7, 11) is 0. The maximum atomic E-state index is 3.73. The topological polar surface area (TPSA) is 0 Å². The van der Waals surface area contributed by atoms with E-state index in [1.807, 2.05) is 6.08 Å². The van der Waals surface area contributed by atoms with Crippen molar-refractivity contribution in [1.82, 2.24) is 0 Å². The van der Waals surface area contributed by atoms with Crippen molar-refractivity contribution in [3.63, 3.8) is 0 Å². The van der Waals surface area contributed by atoms with Crippen molar-refractivity contribution in [3.05, 3.63) is 48.0 Å². The molecule has 1 aromatic carbocycles. The Hall–Kier alpha value is -1.30. The monoisotopic (exact) mass is 186 g/mol. The van der Waals surface area contributed by atoms with Gasteiger partial charge in [-0.1, -0.05) is 69.8 Å². The van der Waals surface area contributed by atoms with Gasteiger partial charge < -0.3 is 0 Å². The molecule has 0 saturated heterocycles. The van der Waals surface area contributed by atoms with Gasteiger partial charge in [-0.25, -0.2) is 0 Å². The van der Waals surface area contributed by atoms with Gasteiger partial charge in [0, 0.05) is 0 Å². The van der Waals surface area contributed by atoms with Crippen LogP contribution in [-0.4, -0.2) is 0 Å². The lowest BCUT2D eigenvalue weighted by molar-refractivity contribution is 0.547. The molecule has 14 heavy (non-hydrogen) atoms. The fraction of sp³-hybridized carbons (Fsp3) is 0.286. The highest BCUT2D eigenvalue weighted by Crippen LogP contribution is 2.17. The molecular weight excluding hydrogens is 168 g/mol. The van der Waals surface area contributed by atoms with Crippen LogP contribution in [0.1, 0.15) is 31.9 Å². The summed E-state index contributed by atoms with van der Waals surface area (Å²) in [5.41, 5.74) is 2.65. The van der Waals surface area contributed by atoms with Crippen LogP contribution < -0.4 is 0 Å². The SMILES string of the molecule is C=Cc1ccc(/C=C/C(C)(C)C)cc1. The molecule has 0 fully saturated rings. The van der Waals surface area contributed by atoms with Gasteiger partial charge in [-0.2, -0.15) is 0 Å². The lowest BCUT2D eigenvalue weighted by Crippen LogP contribution is -1.97. The molecule has 0 radical (unpaired) electrons. The van der Waals surface area contributed by atoms with Crippen LogP contribution in [0.5, 0.6) is 0 Å². The molecule has 0 nitrogen and oxygen atoms in total. The number of benzene rings is 1. The van der Waals surface area contributed by atoms with Crippen molar-refractivity contribution in [3.8, 4) is 0 Å². The zero-order valence-corrected chi connectivity index (χ0v) is 9.25. The predicted molar refractivity (Wildman–Crippen MR) is 65.0 cm³/mol. The van der Waals surface area contributed by atoms with E-state index in [1.165, 1.54) is 5.56 Å². The second-order valence-corrected chi connectivity index (χ2v) is 4.57. The summed E-state index contributed by atoms with van der Waals surface area (Å²) >= 11 is 0. The summed E-state index contributed by atoms with van der Waals surface area (Å²) in [4.78, 5) is 0. The van der Waals surface area contributed by atoms with Crippen LogP contribution in [0.25, 0.3) is 12.2 Å². The first-order chi connectivity index (χ1) is 6.51. The Labute approximate surface area is 87.0 Å². The molecular formula is C14H18. The largest absolute Gasteiger partial charge is 0.0985 e. The van der Waals surface area contributed by atoms with Gasteiger partial charge in [0.15, 0.2) is 0 Å². The molecule has 1 rings (SSSR count). The minimum absolute atomic E-state index is 0.247. The Morgan fingerprint density at radius 2 is 1.50 bits per heavy atom. The standard InChI is InChI=1S/C14H18/c1-5-12-6-8-13(9-7-12)10-11-14(2,3)4/h5-11H,1H2,2-4H3/b11-10+. The normalized spacial score (nSPS) is 11.9. The molecule has 0 N–H and O–H groups in total. The molecule has 0 aromatic heterocycles. The molecule has 0 spiro atoms. The minimum atomic E-state index is 0.247. The van der Waals surface area contributed by atoms with E-state index < -0.39 is 0 Å². The number of hydrogen-bond donors (Lipinski definition) is 0. The molecule has 0 amide bonds. The highest BCUT2D eigenvalue weighted by Gasteiger charge is 2.02. The molecule has 0 heteroatoms. The van der Waals surface area contributed by atoms with Crippen LogP contribution in [0.3, 0.4) is 0 Å². The molecule has 0 atom stereocenters. The van der Waals surface area contributed by atoms with Gasteiger partial charge in [-0.3, -0.25) is 0 Å². The first kappa shape index (κ1) is 10.8. The highest BCUT2D eigenvalue weighted by molar-refractivity contribution is 5.55. The van der Waals surface area contributed by atoms with Crippen molar-refractivity contribution in [2.45, 2.75) is 20.8 Å². The van der Waals surface area contributed by atoms with Crippen LogP contribution >= 0.6 is 0 Å². The molecule has 0 aliphatic carbocycles. The van der Waals surface area contributed by atoms with Crippen LogP contribution in [-0.2, 0) is 0 Å². The van der Waals surface area contributed by atoms with E-state index in [0.29, 0.717) is 0 Å². The zero-order valence-electron chi connectivity index (χ0n) is 9.25. The molecule has 0 saturated carbocycles. The van der Waals surface area contributed by atoms with E-state index in [9.17, 15) is 0 Å². The van der Waals surface area contributed by atoms with E-state index >= 15 is 0 Å². The summed E-state index contributed by atoms with van der Waals surface area (Å²) in [6.45, 7) is 10.3. The Kier molecular flexibility index (Phi) is 3.29. The van der Waals surface area contributed by atoms with Crippen molar-refractivity contribution in [2.24, 2.45) is 5.41 Å². The third-order valence-electron chi connectivity index (χ3n) is 1.95. The van der Waals surface area contributed by atoms with Gasteiger partial charge >= 0.3 is 0 Å². The van der Waals surface area contributed by atoms with Crippen molar-refractivity contribution in [2.75, 3.05) is 0 Å². The third kappa shape index (κ3) is 3.61. The molecule has 74 valence electrons. The second kappa shape index (κ2) is 4.28. The van der Waals surface area contributed by atoms with E-state index in [2.05, 4.69) is 63.8 Å². The van der Waals surface area contributed by atoms with Crippen LogP contribution in [0.15, 0.2) is 36.9 Å². The van der Waals surface area contributed by atoms with Crippen LogP contribution in [0.2, 0.25) is 0 Å². The Morgan fingerprint density at radius 1 is 1.00 bits per heavy atom. The molecule has 1 aromatic rings. The number of rotatable bonds is 2. The molecule has 0 aliphatic heterocycles. The van der Waals surface area contributed by atoms with E-state index in [4.69, 9.17) is 0 Å². The Bertz CT molecular complexity index is 320. The van der Waals surface area contributed by atoms with Gasteiger partial charge in [0.2, 0.25) is 0 Å². The maximum absolute atomic E-state index is 3.73. The van der Waals surface area contributed by atoms with Crippen molar-refractivity contribution in [1.29, 1.82) is 0 Å². The summed E-state index contributed by atoms with van der Waals surface area (Å²) in [6, 6.07) is 8.38. The summed E-state index contributed by atoms with van der Waals surface area (Å²) < 4.78 is 0. The fourth-order valence-electron chi connectivity index (χ4n) is 1.09. The lowest BCUT2D eigenvalue weighted by atomic mass is 9.95. The lowest BCUT2D eigenvalue weighted by Gasteiger charge is -2.10. The molecule has 0 aliphatic rings. The van der Waals surface area contributed by atoms with E-state index in [0.717, 1.165) is 5.56 Å². The molecule has 0 bridgehead atoms. The molecule has 0 unspecified atom stereocenters. The van der Waals surface area contributed by atoms with Gasteiger partial charge in [-0.05, 0) is 16.5 Å². The zero-order chi connectivity index (χ0) is 10.6. The highest BCUT2D eigenvalue weighted by atomic mass is 14.1. The van der Waals surface area contributed by atoms with E-state index in [-0.39, 0.29) is 5.41 Å². The van der Waals surface area contributed by atoms with Crippen LogP contribution in [0.4, 0.5) is 0 Å². The van der Waals surface area contributed by atoms with Gasteiger partial charge in [-0.15, -0.1) is 0 Å². The third-order valence-corrected chi connectivity index (χ3v) is 1.95. The first-order valence-corrected chi connectivity index (χ1v) is 4.93. The Balaban J connectivity index is 2.78. The maximum Gasteiger partial charge on any atom is -0.0200 e. The quantitative estimate of drug-likeness (QED) is 0.642. The minimum Gasteiger partial charge on any atom is -0.0985 e. The average Bonchev–Trinajstić information content (AvgIpc) is 2.14. The van der Waals surface area contributed by atoms with Crippen LogP contribution in [0, 0.1) is 5.41 Å². The summed E-state index contributed by atoms with van der Waals surface area (Å²) in [5, 5.41) is 0. The number of allylic oxidation sites excluding steroid dienone is 1. The predicted octanol–water partition coefficient (Wildman–Crippen LogP) is 4.39. The Morgan fingerprint density at radius 3 is 1.93 bits per heavy atom. The first-order valence-electron chi connectivity index (χ1n) is 4.93. The van der Waals surface area contributed by atoms with Crippen molar-refractivity contribution >= 4 is 12.2 Å². The molecule has 0 heterocycles. The number of hydrogen-bond acceptors (Lipinski definition) is 0. The second-order valence-electron chi connectivity index (χ2n) is 4.57. The summed E-state index contributed by atoms with van der Waals surface area (Å²) in [6.07, 6.45) is 6.24.